The fraction of sp³-hybridized carbons (Fsp3) is 0.381. The Morgan fingerprint density at radius 3 is 2.34 bits per heavy atom. The van der Waals surface area contributed by atoms with E-state index in [1.807, 2.05) is 61.8 Å². The van der Waals surface area contributed by atoms with Gasteiger partial charge in [0.1, 0.15) is 5.82 Å². The number of carbonyl (C=O) groups excluding carboxylic acids is 1. The summed E-state index contributed by atoms with van der Waals surface area (Å²) in [6.45, 7) is 5.05. The summed E-state index contributed by atoms with van der Waals surface area (Å²) in [6.07, 6.45) is 2.67. The topological polar surface area (TPSA) is 72.9 Å². The largest absolute Gasteiger partial charge is 0.356 e. The Kier molecular flexibility index (Phi) is 9.69. The molecule has 0 radical (unpaired) electrons. The smallest absolute Gasteiger partial charge is 0.251 e. The van der Waals surface area contributed by atoms with Crippen LogP contribution in [0.25, 0.3) is 0 Å². The third-order valence-corrected chi connectivity index (χ3v) is 4.72. The van der Waals surface area contributed by atoms with Gasteiger partial charge in [0.15, 0.2) is 5.96 Å². The number of pyridine rings is 1. The molecule has 2 N–H and O–H groups in total. The average Bonchev–Trinajstić information content (AvgIpc) is 2.77. The first-order chi connectivity index (χ1) is 13.8. The second kappa shape index (κ2) is 12.3. The van der Waals surface area contributed by atoms with Gasteiger partial charge in [-0.15, -0.1) is 24.0 Å². The van der Waals surface area contributed by atoms with Crippen LogP contribution >= 0.6 is 24.0 Å². The Bertz CT molecular complexity index is 763. The first-order valence-electron chi connectivity index (χ1n) is 9.73. The first-order valence-corrected chi connectivity index (χ1v) is 9.73. The van der Waals surface area contributed by atoms with Crippen molar-refractivity contribution in [2.24, 2.45) is 4.99 Å². The maximum atomic E-state index is 12.0. The first kappa shape index (κ1) is 22.9. The van der Waals surface area contributed by atoms with Gasteiger partial charge in [-0.05, 0) is 30.7 Å². The summed E-state index contributed by atoms with van der Waals surface area (Å²) in [7, 11) is 1.81. The van der Waals surface area contributed by atoms with Crippen molar-refractivity contribution in [1.82, 2.24) is 20.5 Å². The lowest BCUT2D eigenvalue weighted by Crippen LogP contribution is -2.53. The molecule has 0 spiro atoms. The van der Waals surface area contributed by atoms with Crippen LogP contribution in [0.4, 0.5) is 5.82 Å². The molecule has 0 unspecified atom stereocenters. The molecule has 1 aliphatic heterocycles. The monoisotopic (exact) mass is 508 g/mol. The molecule has 1 saturated heterocycles. The van der Waals surface area contributed by atoms with Crippen LogP contribution in [0.15, 0.2) is 59.7 Å². The molecule has 0 saturated carbocycles. The minimum absolute atomic E-state index is 0. The zero-order valence-corrected chi connectivity index (χ0v) is 19.1. The number of nitrogens with zero attached hydrogens (tertiary/aromatic N) is 4. The number of piperazine rings is 1. The molecule has 8 heteroatoms. The second-order valence-electron chi connectivity index (χ2n) is 6.61. The van der Waals surface area contributed by atoms with Crippen LogP contribution in [0.3, 0.4) is 0 Å². The number of aliphatic imine (C=N–C) groups is 1. The van der Waals surface area contributed by atoms with Crippen molar-refractivity contribution < 1.29 is 4.79 Å². The normalized spacial score (nSPS) is 14.2. The lowest BCUT2D eigenvalue weighted by molar-refractivity contribution is 0.0953. The summed E-state index contributed by atoms with van der Waals surface area (Å²) in [5, 5.41) is 6.35. The number of benzene rings is 1. The minimum atomic E-state index is -0.0318. The van der Waals surface area contributed by atoms with Crippen molar-refractivity contribution in [1.29, 1.82) is 0 Å². The molecule has 2 aromatic rings. The number of aromatic nitrogens is 1. The van der Waals surface area contributed by atoms with Crippen LogP contribution in [0.2, 0.25) is 0 Å². The Labute approximate surface area is 189 Å². The van der Waals surface area contributed by atoms with Crippen molar-refractivity contribution in [2.45, 2.75) is 6.42 Å². The quantitative estimate of drug-likeness (QED) is 0.271. The molecule has 2 heterocycles. The van der Waals surface area contributed by atoms with Gasteiger partial charge >= 0.3 is 0 Å². The van der Waals surface area contributed by atoms with Crippen molar-refractivity contribution in [3.8, 4) is 0 Å². The predicted octanol–water partition coefficient (Wildman–Crippen LogP) is 2.22. The Hall–Kier alpha value is -2.36. The third kappa shape index (κ3) is 6.88. The lowest BCUT2D eigenvalue weighted by atomic mass is 10.2. The van der Waals surface area contributed by atoms with Crippen molar-refractivity contribution in [3.05, 3.63) is 60.3 Å². The Morgan fingerprint density at radius 1 is 1.00 bits per heavy atom. The van der Waals surface area contributed by atoms with Crippen LogP contribution in [0.5, 0.6) is 0 Å². The molecule has 1 aliphatic rings. The molecule has 1 aromatic heterocycles. The van der Waals surface area contributed by atoms with E-state index in [4.69, 9.17) is 0 Å². The van der Waals surface area contributed by atoms with E-state index in [0.717, 1.165) is 50.9 Å². The summed E-state index contributed by atoms with van der Waals surface area (Å²) in [5.74, 6) is 1.91. The van der Waals surface area contributed by atoms with Gasteiger partial charge in [0.05, 0.1) is 0 Å². The average molecular weight is 508 g/mol. The second-order valence-corrected chi connectivity index (χ2v) is 6.61. The molecule has 7 nitrogen and oxygen atoms in total. The SMILES string of the molecule is CN=C(NCCCNC(=O)c1ccccc1)N1CCN(c2ccccn2)CC1.I. The molecule has 1 fully saturated rings. The lowest BCUT2D eigenvalue weighted by Gasteiger charge is -2.37. The standard InChI is InChI=1S/C21H28N6O.HI/c1-22-21(25-13-7-12-24-20(28)18-8-3-2-4-9-18)27-16-14-26(15-17-27)19-10-5-6-11-23-19;/h2-6,8-11H,7,12-17H2,1H3,(H,22,25)(H,24,28);1H. The molecule has 1 aromatic carbocycles. The van der Waals surface area contributed by atoms with E-state index >= 15 is 0 Å². The van der Waals surface area contributed by atoms with Crippen LogP contribution in [0, 0.1) is 0 Å². The molecule has 29 heavy (non-hydrogen) atoms. The highest BCUT2D eigenvalue weighted by Gasteiger charge is 2.20. The summed E-state index contributed by atoms with van der Waals surface area (Å²) in [5.41, 5.74) is 0.692. The van der Waals surface area contributed by atoms with E-state index < -0.39 is 0 Å². The van der Waals surface area contributed by atoms with E-state index in [1.54, 1.807) is 0 Å². The van der Waals surface area contributed by atoms with E-state index in [1.165, 1.54) is 0 Å². The van der Waals surface area contributed by atoms with E-state index in [-0.39, 0.29) is 29.9 Å². The van der Waals surface area contributed by atoms with Crippen LogP contribution in [-0.4, -0.2) is 68.1 Å². The molecule has 0 aliphatic carbocycles. The molecule has 0 bridgehead atoms. The van der Waals surface area contributed by atoms with Gasteiger partial charge in [0, 0.05) is 58.1 Å². The highest BCUT2D eigenvalue weighted by Crippen LogP contribution is 2.12. The maximum absolute atomic E-state index is 12.0. The number of anilines is 1. The van der Waals surface area contributed by atoms with E-state index in [9.17, 15) is 4.79 Å². The van der Waals surface area contributed by atoms with Gasteiger partial charge in [-0.25, -0.2) is 4.98 Å². The highest BCUT2D eigenvalue weighted by molar-refractivity contribution is 14.0. The molecule has 156 valence electrons. The van der Waals surface area contributed by atoms with E-state index in [2.05, 4.69) is 30.4 Å². The van der Waals surface area contributed by atoms with Gasteiger partial charge < -0.3 is 20.4 Å². The zero-order chi connectivity index (χ0) is 19.6. The van der Waals surface area contributed by atoms with Crippen LogP contribution in [-0.2, 0) is 0 Å². The van der Waals surface area contributed by atoms with Gasteiger partial charge in [-0.1, -0.05) is 24.3 Å². The molecular formula is C21H29IN6O. The fourth-order valence-corrected chi connectivity index (χ4v) is 3.20. The highest BCUT2D eigenvalue weighted by atomic mass is 127. The Balaban J connectivity index is 0.00000300. The minimum Gasteiger partial charge on any atom is -0.356 e. The molecule has 0 atom stereocenters. The number of carbonyl (C=O) groups is 1. The van der Waals surface area contributed by atoms with Gasteiger partial charge in [0.2, 0.25) is 0 Å². The molecule has 1 amide bonds. The summed E-state index contributed by atoms with van der Waals surface area (Å²) < 4.78 is 0. The number of rotatable bonds is 6. The number of hydrogen-bond donors (Lipinski definition) is 2. The number of halogens is 1. The van der Waals surface area contributed by atoms with Crippen molar-refractivity contribution >= 4 is 41.7 Å². The van der Waals surface area contributed by atoms with Gasteiger partial charge in [0.25, 0.3) is 5.91 Å². The molecule has 3 rings (SSSR count). The maximum Gasteiger partial charge on any atom is 0.251 e. The van der Waals surface area contributed by atoms with Gasteiger partial charge in [-0.3, -0.25) is 9.79 Å². The fourth-order valence-electron chi connectivity index (χ4n) is 3.20. The third-order valence-electron chi connectivity index (χ3n) is 4.72. The van der Waals surface area contributed by atoms with Crippen molar-refractivity contribution in [3.63, 3.8) is 0 Å². The summed E-state index contributed by atoms with van der Waals surface area (Å²) in [4.78, 5) is 25.4. The van der Waals surface area contributed by atoms with Crippen molar-refractivity contribution in [2.75, 3.05) is 51.2 Å². The zero-order valence-electron chi connectivity index (χ0n) is 16.8. The number of amides is 1. The number of hydrogen-bond acceptors (Lipinski definition) is 4. The molecular weight excluding hydrogens is 479 g/mol. The Morgan fingerprint density at radius 2 is 1.69 bits per heavy atom. The number of guanidine groups is 1. The summed E-state index contributed by atoms with van der Waals surface area (Å²) in [6, 6.07) is 15.3. The van der Waals surface area contributed by atoms with Crippen LogP contribution in [0.1, 0.15) is 16.8 Å². The van der Waals surface area contributed by atoms with Crippen LogP contribution < -0.4 is 15.5 Å². The summed E-state index contributed by atoms with van der Waals surface area (Å²) >= 11 is 0. The predicted molar refractivity (Wildman–Crippen MR) is 128 cm³/mol. The van der Waals surface area contributed by atoms with Gasteiger partial charge in [-0.2, -0.15) is 0 Å². The van der Waals surface area contributed by atoms with E-state index in [0.29, 0.717) is 12.1 Å². The number of nitrogens with one attached hydrogen (secondary N) is 2.